The number of hydrogen-bond acceptors (Lipinski definition) is 7. The van der Waals surface area contributed by atoms with E-state index >= 15 is 0 Å². The number of halogens is 3. The van der Waals surface area contributed by atoms with Crippen LogP contribution < -0.4 is 21.3 Å². The van der Waals surface area contributed by atoms with Crippen molar-refractivity contribution in [2.24, 2.45) is 23.2 Å². The standard InChI is InChI=1S/C30H45F3N6O7/c1-7-10-34-25(42)22(40)19(8-9-30(31,32)33)35-24(41)21-18-13-17(18)14-39(21)26(43)23(29(4,5)6)37-27(44)36-20(16(2)3)15-38-11-12-46-28(38)45/h7,16-21,23H,1,8-15H2,2-6H3,(H,34,42)(H,35,41)(H2,36,37,44)/t17-,18-,19?,20+,21-,23+/m0/s1. The second kappa shape index (κ2) is 14.7. The van der Waals surface area contributed by atoms with Gasteiger partial charge in [0, 0.05) is 26.1 Å². The number of alkyl halides is 3. The Balaban J connectivity index is 1.75. The van der Waals surface area contributed by atoms with Gasteiger partial charge in [-0.3, -0.25) is 19.2 Å². The molecule has 3 rings (SSSR count). The van der Waals surface area contributed by atoms with Crippen LogP contribution in [0.4, 0.5) is 22.8 Å². The third-order valence-electron chi connectivity index (χ3n) is 8.45. The molecule has 0 spiro atoms. The fraction of sp³-hybridized carbons (Fsp3) is 0.733. The number of hydrogen-bond donors (Lipinski definition) is 4. The lowest BCUT2D eigenvalue weighted by molar-refractivity contribution is -0.147. The Bertz CT molecular complexity index is 1200. The zero-order valence-corrected chi connectivity index (χ0v) is 26.9. The molecular formula is C30H45F3N6O7. The fourth-order valence-electron chi connectivity index (χ4n) is 5.68. The van der Waals surface area contributed by atoms with Gasteiger partial charge in [0.05, 0.1) is 18.6 Å². The number of rotatable bonds is 14. The molecule has 3 aliphatic rings. The third kappa shape index (κ3) is 9.58. The molecule has 0 aromatic heterocycles. The molecule has 2 saturated heterocycles. The number of Topliss-reactive ketones (excluding diaryl/α,β-unsaturated/α-hetero) is 1. The summed E-state index contributed by atoms with van der Waals surface area (Å²) in [5.74, 6) is -4.20. The molecule has 16 heteroatoms. The molecule has 13 nitrogen and oxygen atoms in total. The van der Waals surface area contributed by atoms with Gasteiger partial charge in [0.2, 0.25) is 17.6 Å². The molecule has 1 saturated carbocycles. The van der Waals surface area contributed by atoms with Crippen LogP contribution >= 0.6 is 0 Å². The van der Waals surface area contributed by atoms with Crippen molar-refractivity contribution < 1.29 is 46.7 Å². The highest BCUT2D eigenvalue weighted by Crippen LogP contribution is 2.50. The SMILES string of the molecule is C=CCNC(=O)C(=O)C(CCC(F)(F)F)NC(=O)[C@@H]1[C@H]2C[C@H]2CN1C(=O)[C@@H](NC(=O)N[C@H](CN1CCOC1=O)C(C)C)C(C)(C)C. The second-order valence-corrected chi connectivity index (χ2v) is 13.5. The van der Waals surface area contributed by atoms with Crippen LogP contribution in [0.3, 0.4) is 0 Å². The van der Waals surface area contributed by atoms with Crippen LogP contribution in [-0.4, -0.2) is 109 Å². The van der Waals surface area contributed by atoms with Crippen molar-refractivity contribution in [2.75, 3.05) is 32.8 Å². The van der Waals surface area contributed by atoms with Crippen LogP contribution in [-0.2, 0) is 23.9 Å². The van der Waals surface area contributed by atoms with E-state index in [-0.39, 0.29) is 44.0 Å². The van der Waals surface area contributed by atoms with Crippen LogP contribution in [0.15, 0.2) is 12.7 Å². The van der Waals surface area contributed by atoms with Crippen LogP contribution in [0.1, 0.15) is 53.9 Å². The van der Waals surface area contributed by atoms with Gasteiger partial charge in [-0.05, 0) is 36.0 Å². The first kappa shape index (κ1) is 36.6. The number of carbonyl (C=O) groups excluding carboxylic acids is 6. The monoisotopic (exact) mass is 658 g/mol. The normalized spacial score (nSPS) is 22.7. The maximum Gasteiger partial charge on any atom is 0.410 e. The van der Waals surface area contributed by atoms with E-state index in [1.165, 1.54) is 15.9 Å². The molecule has 3 fully saturated rings. The van der Waals surface area contributed by atoms with E-state index in [4.69, 9.17) is 4.74 Å². The molecule has 6 amide bonds. The molecule has 0 aromatic rings. The summed E-state index contributed by atoms with van der Waals surface area (Å²) in [6.45, 7) is 13.3. The summed E-state index contributed by atoms with van der Waals surface area (Å²) in [4.78, 5) is 80.5. The molecule has 1 unspecified atom stereocenters. The Morgan fingerprint density at radius 2 is 1.76 bits per heavy atom. The highest BCUT2D eigenvalue weighted by atomic mass is 19.4. The van der Waals surface area contributed by atoms with Crippen molar-refractivity contribution in [3.63, 3.8) is 0 Å². The Kier molecular flexibility index (Phi) is 11.7. The first-order chi connectivity index (χ1) is 21.3. The van der Waals surface area contributed by atoms with Crippen molar-refractivity contribution in [1.29, 1.82) is 0 Å². The van der Waals surface area contributed by atoms with Crippen molar-refractivity contribution >= 4 is 35.6 Å². The molecule has 4 N–H and O–H groups in total. The highest BCUT2D eigenvalue weighted by molar-refractivity contribution is 6.38. The minimum atomic E-state index is -4.64. The van der Waals surface area contributed by atoms with Gasteiger partial charge in [0.15, 0.2) is 0 Å². The maximum absolute atomic E-state index is 14.0. The van der Waals surface area contributed by atoms with Crippen molar-refractivity contribution in [2.45, 2.75) is 84.2 Å². The lowest BCUT2D eigenvalue weighted by atomic mass is 9.85. The average molecular weight is 659 g/mol. The zero-order chi connectivity index (χ0) is 34.6. The molecule has 2 heterocycles. The zero-order valence-electron chi connectivity index (χ0n) is 26.9. The lowest BCUT2D eigenvalue weighted by Crippen LogP contribution is -2.62. The maximum atomic E-state index is 14.0. The predicted octanol–water partition coefficient (Wildman–Crippen LogP) is 1.72. The number of ether oxygens (including phenoxy) is 1. The van der Waals surface area contributed by atoms with E-state index in [0.29, 0.717) is 13.0 Å². The number of likely N-dealkylation sites (tertiary alicyclic amines) is 1. The van der Waals surface area contributed by atoms with Crippen molar-refractivity contribution in [3.05, 3.63) is 12.7 Å². The van der Waals surface area contributed by atoms with Crippen molar-refractivity contribution in [3.8, 4) is 0 Å². The smallest absolute Gasteiger partial charge is 0.410 e. The largest absolute Gasteiger partial charge is 0.448 e. The first-order valence-corrected chi connectivity index (χ1v) is 15.4. The number of cyclic esters (lactones) is 1. The van der Waals surface area contributed by atoms with Gasteiger partial charge in [-0.2, -0.15) is 13.2 Å². The Labute approximate surface area is 266 Å². The molecule has 2 aliphatic heterocycles. The van der Waals surface area contributed by atoms with E-state index in [2.05, 4.69) is 27.8 Å². The fourth-order valence-corrected chi connectivity index (χ4v) is 5.68. The summed E-state index contributed by atoms with van der Waals surface area (Å²) in [5, 5.41) is 10.1. The molecule has 1 aliphatic carbocycles. The van der Waals surface area contributed by atoms with Crippen LogP contribution in [0.25, 0.3) is 0 Å². The quantitative estimate of drug-likeness (QED) is 0.163. The van der Waals surface area contributed by atoms with Crippen LogP contribution in [0.5, 0.6) is 0 Å². The van der Waals surface area contributed by atoms with E-state index in [1.54, 1.807) is 20.8 Å². The lowest BCUT2D eigenvalue weighted by Gasteiger charge is -2.37. The topological polar surface area (TPSA) is 166 Å². The van der Waals surface area contributed by atoms with Gasteiger partial charge in [-0.1, -0.05) is 40.7 Å². The Hall–Kier alpha value is -3.85. The summed E-state index contributed by atoms with van der Waals surface area (Å²) < 4.78 is 44.1. The van der Waals surface area contributed by atoms with Crippen molar-refractivity contribution in [1.82, 2.24) is 31.1 Å². The number of piperidine rings is 1. The van der Waals surface area contributed by atoms with Crippen LogP contribution in [0.2, 0.25) is 0 Å². The molecular weight excluding hydrogens is 613 g/mol. The number of amides is 6. The third-order valence-corrected chi connectivity index (χ3v) is 8.45. The Morgan fingerprint density at radius 3 is 2.30 bits per heavy atom. The van der Waals surface area contributed by atoms with Crippen LogP contribution in [0, 0.1) is 23.2 Å². The van der Waals surface area contributed by atoms with E-state index < -0.39 is 84.2 Å². The Morgan fingerprint density at radius 1 is 1.09 bits per heavy atom. The van der Waals surface area contributed by atoms with Gasteiger partial charge >= 0.3 is 18.3 Å². The van der Waals surface area contributed by atoms with E-state index in [9.17, 15) is 41.9 Å². The summed E-state index contributed by atoms with van der Waals surface area (Å²) in [5.41, 5.74) is -0.831. The molecule has 6 atom stereocenters. The second-order valence-electron chi connectivity index (χ2n) is 13.5. The van der Waals surface area contributed by atoms with Gasteiger partial charge < -0.3 is 35.8 Å². The van der Waals surface area contributed by atoms with Gasteiger partial charge in [-0.25, -0.2) is 9.59 Å². The highest BCUT2D eigenvalue weighted by Gasteiger charge is 2.58. The number of ketones is 1. The molecule has 46 heavy (non-hydrogen) atoms. The minimum absolute atomic E-state index is 0.0279. The van der Waals surface area contributed by atoms with Gasteiger partial charge in [-0.15, -0.1) is 6.58 Å². The number of fused-ring (bicyclic) bond motifs is 1. The molecule has 258 valence electrons. The summed E-state index contributed by atoms with van der Waals surface area (Å²) in [6, 6.07) is -5.11. The number of carbonyl (C=O) groups is 6. The number of nitrogens with one attached hydrogen (secondary N) is 4. The first-order valence-electron chi connectivity index (χ1n) is 15.4. The number of urea groups is 1. The summed E-state index contributed by atoms with van der Waals surface area (Å²) >= 11 is 0. The number of nitrogens with zero attached hydrogens (tertiary/aromatic N) is 2. The predicted molar refractivity (Wildman–Crippen MR) is 159 cm³/mol. The summed E-state index contributed by atoms with van der Waals surface area (Å²) in [6.07, 6.45) is -5.51. The average Bonchev–Trinajstić information content (AvgIpc) is 3.42. The van der Waals surface area contributed by atoms with E-state index in [0.717, 1.165) is 0 Å². The molecule has 0 bridgehead atoms. The van der Waals surface area contributed by atoms with Gasteiger partial charge in [0.1, 0.15) is 18.7 Å². The summed E-state index contributed by atoms with van der Waals surface area (Å²) in [7, 11) is 0. The van der Waals surface area contributed by atoms with Gasteiger partial charge in [0.25, 0.3) is 5.91 Å². The molecule has 0 aromatic carbocycles. The minimum Gasteiger partial charge on any atom is -0.448 e. The van der Waals surface area contributed by atoms with E-state index in [1.807, 2.05) is 13.8 Å². The molecule has 0 radical (unpaired) electrons.